The van der Waals surface area contributed by atoms with Crippen LogP contribution in [0.2, 0.25) is 0 Å². The molecule has 1 heterocycles. The SMILES string of the molecule is C=C1CCOC1(C(C)=O)C(C)=O. The lowest BCUT2D eigenvalue weighted by atomic mass is 9.87. The lowest BCUT2D eigenvalue weighted by Crippen LogP contribution is -2.44. The number of carbonyl (C=O) groups is 2. The number of ether oxygens (including phenoxy) is 1. The van der Waals surface area contributed by atoms with Gasteiger partial charge in [-0.2, -0.15) is 0 Å². The summed E-state index contributed by atoms with van der Waals surface area (Å²) in [7, 11) is 0. The molecule has 0 aliphatic carbocycles. The minimum absolute atomic E-state index is 0.266. The van der Waals surface area contributed by atoms with Crippen LogP contribution in [0.25, 0.3) is 0 Å². The number of ketones is 2. The molecule has 1 saturated heterocycles. The molecular formula is C9H12O3. The Labute approximate surface area is 71.4 Å². The van der Waals surface area contributed by atoms with Crippen LogP contribution in [0.5, 0.6) is 0 Å². The maximum absolute atomic E-state index is 11.2. The van der Waals surface area contributed by atoms with E-state index in [4.69, 9.17) is 4.74 Å². The molecule has 0 aromatic carbocycles. The highest BCUT2D eigenvalue weighted by molar-refractivity contribution is 6.12. The molecule has 0 N–H and O–H groups in total. The second-order valence-corrected chi connectivity index (χ2v) is 3.00. The highest BCUT2D eigenvalue weighted by atomic mass is 16.5. The summed E-state index contributed by atoms with van der Waals surface area (Å²) >= 11 is 0. The third-order valence-corrected chi connectivity index (χ3v) is 2.21. The first-order chi connectivity index (χ1) is 5.51. The molecule has 0 unspecified atom stereocenters. The lowest BCUT2D eigenvalue weighted by molar-refractivity contribution is -0.146. The molecule has 66 valence electrons. The van der Waals surface area contributed by atoms with E-state index in [9.17, 15) is 9.59 Å². The zero-order valence-electron chi connectivity index (χ0n) is 7.35. The second-order valence-electron chi connectivity index (χ2n) is 3.00. The van der Waals surface area contributed by atoms with Gasteiger partial charge in [0.15, 0.2) is 11.6 Å². The topological polar surface area (TPSA) is 43.4 Å². The van der Waals surface area contributed by atoms with Crippen molar-refractivity contribution in [2.24, 2.45) is 0 Å². The molecule has 3 heteroatoms. The maximum atomic E-state index is 11.2. The lowest BCUT2D eigenvalue weighted by Gasteiger charge is -2.22. The Morgan fingerprint density at radius 3 is 2.08 bits per heavy atom. The van der Waals surface area contributed by atoms with E-state index in [1.807, 2.05) is 0 Å². The predicted molar refractivity (Wildman–Crippen MR) is 43.8 cm³/mol. The van der Waals surface area contributed by atoms with Crippen LogP contribution in [-0.2, 0) is 14.3 Å². The summed E-state index contributed by atoms with van der Waals surface area (Å²) in [6.45, 7) is 6.82. The maximum Gasteiger partial charge on any atom is 0.204 e. The fraction of sp³-hybridized carbons (Fsp3) is 0.556. The van der Waals surface area contributed by atoms with Gasteiger partial charge in [0.05, 0.1) is 6.61 Å². The van der Waals surface area contributed by atoms with Crippen LogP contribution < -0.4 is 0 Å². The Kier molecular flexibility index (Phi) is 2.15. The molecular weight excluding hydrogens is 156 g/mol. The summed E-state index contributed by atoms with van der Waals surface area (Å²) in [4.78, 5) is 22.4. The quantitative estimate of drug-likeness (QED) is 0.454. The Bertz CT molecular complexity index is 238. The van der Waals surface area contributed by atoms with Gasteiger partial charge >= 0.3 is 0 Å². The van der Waals surface area contributed by atoms with E-state index in [1.54, 1.807) is 0 Å². The zero-order chi connectivity index (χ0) is 9.35. The molecule has 0 aromatic heterocycles. The average molecular weight is 168 g/mol. The van der Waals surface area contributed by atoms with Crippen molar-refractivity contribution in [1.29, 1.82) is 0 Å². The van der Waals surface area contributed by atoms with Crippen molar-refractivity contribution >= 4 is 11.6 Å². The second kappa shape index (κ2) is 2.83. The molecule has 0 spiro atoms. The molecule has 0 atom stereocenters. The van der Waals surface area contributed by atoms with Crippen LogP contribution in [0, 0.1) is 0 Å². The Morgan fingerprint density at radius 2 is 1.92 bits per heavy atom. The van der Waals surface area contributed by atoms with E-state index in [0.29, 0.717) is 18.6 Å². The fourth-order valence-electron chi connectivity index (χ4n) is 1.55. The Hall–Kier alpha value is -0.960. The molecule has 0 bridgehead atoms. The van der Waals surface area contributed by atoms with Gasteiger partial charge in [-0.3, -0.25) is 9.59 Å². The zero-order valence-corrected chi connectivity index (χ0v) is 7.35. The molecule has 12 heavy (non-hydrogen) atoms. The molecule has 1 aliphatic heterocycles. The van der Waals surface area contributed by atoms with Gasteiger partial charge < -0.3 is 4.74 Å². The summed E-state index contributed by atoms with van der Waals surface area (Å²) in [5, 5.41) is 0. The largest absolute Gasteiger partial charge is 0.355 e. The summed E-state index contributed by atoms with van der Waals surface area (Å²) < 4.78 is 5.18. The van der Waals surface area contributed by atoms with Crippen molar-refractivity contribution in [3.05, 3.63) is 12.2 Å². The Morgan fingerprint density at radius 1 is 1.42 bits per heavy atom. The normalized spacial score (nSPS) is 21.0. The monoisotopic (exact) mass is 168 g/mol. The molecule has 0 saturated carbocycles. The molecule has 0 amide bonds. The fourth-order valence-corrected chi connectivity index (χ4v) is 1.55. The number of rotatable bonds is 2. The molecule has 0 radical (unpaired) electrons. The first-order valence-corrected chi connectivity index (χ1v) is 3.86. The number of Topliss-reactive ketones (excluding diaryl/α,β-unsaturated/α-hetero) is 2. The van der Waals surface area contributed by atoms with Crippen LogP contribution in [0.3, 0.4) is 0 Å². The van der Waals surface area contributed by atoms with Crippen LogP contribution in [0.1, 0.15) is 20.3 Å². The average Bonchev–Trinajstić information content (AvgIpc) is 2.31. The minimum Gasteiger partial charge on any atom is -0.355 e. The number of hydrogen-bond acceptors (Lipinski definition) is 3. The van der Waals surface area contributed by atoms with Crippen molar-refractivity contribution < 1.29 is 14.3 Å². The first kappa shape index (κ1) is 9.13. The molecule has 1 fully saturated rings. The summed E-state index contributed by atoms with van der Waals surface area (Å²) in [6, 6.07) is 0. The van der Waals surface area contributed by atoms with Gasteiger partial charge in [-0.15, -0.1) is 0 Å². The number of hydrogen-bond donors (Lipinski definition) is 0. The molecule has 3 nitrogen and oxygen atoms in total. The summed E-state index contributed by atoms with van der Waals surface area (Å²) in [5.74, 6) is -0.532. The van der Waals surface area contributed by atoms with E-state index >= 15 is 0 Å². The van der Waals surface area contributed by atoms with Crippen molar-refractivity contribution in [2.75, 3.05) is 6.61 Å². The van der Waals surface area contributed by atoms with E-state index in [0.717, 1.165) is 0 Å². The van der Waals surface area contributed by atoms with Crippen LogP contribution in [-0.4, -0.2) is 23.8 Å². The molecule has 1 aliphatic rings. The van der Waals surface area contributed by atoms with Crippen LogP contribution in [0.15, 0.2) is 12.2 Å². The predicted octanol–water partition coefficient (Wildman–Crippen LogP) is 0.880. The first-order valence-electron chi connectivity index (χ1n) is 3.86. The van der Waals surface area contributed by atoms with Crippen molar-refractivity contribution in [3.63, 3.8) is 0 Å². The van der Waals surface area contributed by atoms with E-state index in [2.05, 4.69) is 6.58 Å². The smallest absolute Gasteiger partial charge is 0.204 e. The van der Waals surface area contributed by atoms with Gasteiger partial charge in [0, 0.05) is 0 Å². The van der Waals surface area contributed by atoms with Gasteiger partial charge in [0.2, 0.25) is 5.60 Å². The highest BCUT2D eigenvalue weighted by Gasteiger charge is 2.47. The third-order valence-electron chi connectivity index (χ3n) is 2.21. The van der Waals surface area contributed by atoms with E-state index < -0.39 is 5.60 Å². The van der Waals surface area contributed by atoms with Gasteiger partial charge in [-0.25, -0.2) is 0 Å². The van der Waals surface area contributed by atoms with Crippen molar-refractivity contribution in [2.45, 2.75) is 25.9 Å². The molecule has 1 rings (SSSR count). The number of carbonyl (C=O) groups excluding carboxylic acids is 2. The Balaban J connectivity index is 3.10. The van der Waals surface area contributed by atoms with E-state index in [-0.39, 0.29) is 11.6 Å². The van der Waals surface area contributed by atoms with Crippen molar-refractivity contribution in [3.8, 4) is 0 Å². The standard InChI is InChI=1S/C9H12O3/c1-6-4-5-12-9(6,7(2)10)8(3)11/h1,4-5H2,2-3H3. The minimum atomic E-state index is -1.32. The van der Waals surface area contributed by atoms with Crippen LogP contribution in [0.4, 0.5) is 0 Å². The molecule has 0 aromatic rings. The summed E-state index contributed by atoms with van der Waals surface area (Å²) in [5.41, 5.74) is -0.734. The van der Waals surface area contributed by atoms with Gasteiger partial charge in [-0.05, 0) is 25.8 Å². The third kappa shape index (κ3) is 1.01. The van der Waals surface area contributed by atoms with Gasteiger partial charge in [-0.1, -0.05) is 6.58 Å². The highest BCUT2D eigenvalue weighted by Crippen LogP contribution is 2.31. The van der Waals surface area contributed by atoms with Gasteiger partial charge in [0.1, 0.15) is 0 Å². The van der Waals surface area contributed by atoms with Gasteiger partial charge in [0.25, 0.3) is 0 Å². The summed E-state index contributed by atoms with van der Waals surface area (Å²) in [6.07, 6.45) is 0.596. The van der Waals surface area contributed by atoms with Crippen LogP contribution >= 0.6 is 0 Å². The van der Waals surface area contributed by atoms with E-state index in [1.165, 1.54) is 13.8 Å². The van der Waals surface area contributed by atoms with Crippen molar-refractivity contribution in [1.82, 2.24) is 0 Å².